The summed E-state index contributed by atoms with van der Waals surface area (Å²) in [6.45, 7) is 6.50. The third-order valence-electron chi connectivity index (χ3n) is 2.99. The zero-order valence-electron chi connectivity index (χ0n) is 11.6. The molecule has 0 fully saturated rings. The highest BCUT2D eigenvalue weighted by Gasteiger charge is 1.99. The van der Waals surface area contributed by atoms with Gasteiger partial charge in [0.1, 0.15) is 0 Å². The lowest BCUT2D eigenvalue weighted by Crippen LogP contribution is -2.29. The highest BCUT2D eigenvalue weighted by Crippen LogP contribution is 2.10. The van der Waals surface area contributed by atoms with Crippen LogP contribution in [-0.2, 0) is 6.54 Å². The number of unbranched alkanes of at least 4 members (excludes halogenated alkanes) is 2. The molecule has 0 aliphatic rings. The summed E-state index contributed by atoms with van der Waals surface area (Å²) < 4.78 is 0. The predicted molar refractivity (Wildman–Crippen MR) is 80.2 cm³/mol. The first-order valence-corrected chi connectivity index (χ1v) is 7.24. The quantitative estimate of drug-likeness (QED) is 0.689. The molecule has 0 radical (unpaired) electrons. The number of nitrogens with zero attached hydrogens (tertiary/aromatic N) is 1. The first-order valence-electron chi connectivity index (χ1n) is 6.86. The third kappa shape index (κ3) is 7.00. The average Bonchev–Trinajstić information content (AvgIpc) is 2.36. The first-order chi connectivity index (χ1) is 8.72. The molecule has 3 heteroatoms. The van der Waals surface area contributed by atoms with Crippen LogP contribution in [0.25, 0.3) is 0 Å². The van der Waals surface area contributed by atoms with Crippen molar-refractivity contribution in [2.45, 2.75) is 32.7 Å². The number of halogens is 1. The van der Waals surface area contributed by atoms with Crippen molar-refractivity contribution >= 4 is 11.6 Å². The summed E-state index contributed by atoms with van der Waals surface area (Å²) in [6, 6.07) is 8.09. The predicted octanol–water partition coefficient (Wildman–Crippen LogP) is 3.55. The molecule has 0 atom stereocenters. The molecule has 1 aromatic carbocycles. The van der Waals surface area contributed by atoms with E-state index >= 15 is 0 Å². The first kappa shape index (κ1) is 15.5. The van der Waals surface area contributed by atoms with Crippen LogP contribution in [-0.4, -0.2) is 31.6 Å². The normalized spacial score (nSPS) is 11.1. The van der Waals surface area contributed by atoms with Gasteiger partial charge in [0.25, 0.3) is 0 Å². The highest BCUT2D eigenvalue weighted by atomic mass is 35.5. The van der Waals surface area contributed by atoms with Crippen molar-refractivity contribution in [1.82, 2.24) is 10.2 Å². The van der Waals surface area contributed by atoms with Crippen LogP contribution in [0, 0.1) is 0 Å². The molecule has 1 N–H and O–H groups in total. The maximum Gasteiger partial charge on any atom is 0.0406 e. The van der Waals surface area contributed by atoms with Gasteiger partial charge in [0.2, 0.25) is 0 Å². The fourth-order valence-corrected chi connectivity index (χ4v) is 2.00. The third-order valence-corrected chi connectivity index (χ3v) is 3.25. The van der Waals surface area contributed by atoms with E-state index in [0.29, 0.717) is 0 Å². The molecule has 1 aromatic rings. The van der Waals surface area contributed by atoms with E-state index in [1.807, 2.05) is 12.1 Å². The summed E-state index contributed by atoms with van der Waals surface area (Å²) in [7, 11) is 2.16. The van der Waals surface area contributed by atoms with Crippen LogP contribution in [0.1, 0.15) is 31.7 Å². The molecule has 0 spiro atoms. The van der Waals surface area contributed by atoms with Crippen LogP contribution in [0.5, 0.6) is 0 Å². The van der Waals surface area contributed by atoms with Crippen molar-refractivity contribution in [3.05, 3.63) is 34.9 Å². The summed E-state index contributed by atoms with van der Waals surface area (Å²) in [4.78, 5) is 2.33. The monoisotopic (exact) mass is 268 g/mol. The van der Waals surface area contributed by atoms with Gasteiger partial charge < -0.3 is 10.2 Å². The van der Waals surface area contributed by atoms with E-state index in [2.05, 4.69) is 36.3 Å². The molecule has 0 aliphatic heterocycles. The number of nitrogens with one attached hydrogen (secondary N) is 1. The Balaban J connectivity index is 2.10. The van der Waals surface area contributed by atoms with E-state index in [1.54, 1.807) is 0 Å². The maximum atomic E-state index is 5.87. The van der Waals surface area contributed by atoms with Gasteiger partial charge in [-0.25, -0.2) is 0 Å². The Bertz CT molecular complexity index is 311. The zero-order chi connectivity index (χ0) is 13.2. The Kier molecular flexibility index (Phi) is 8.06. The Morgan fingerprint density at radius 1 is 1.11 bits per heavy atom. The fourth-order valence-electron chi connectivity index (χ4n) is 1.88. The van der Waals surface area contributed by atoms with E-state index in [1.165, 1.54) is 24.8 Å². The summed E-state index contributed by atoms with van der Waals surface area (Å²) >= 11 is 5.87. The largest absolute Gasteiger partial charge is 0.315 e. The van der Waals surface area contributed by atoms with Gasteiger partial charge in [0.05, 0.1) is 0 Å². The van der Waals surface area contributed by atoms with Gasteiger partial charge in [0, 0.05) is 24.7 Å². The molecule has 18 heavy (non-hydrogen) atoms. The summed E-state index contributed by atoms with van der Waals surface area (Å²) in [5.41, 5.74) is 1.31. The molecule has 0 aromatic heterocycles. The van der Waals surface area contributed by atoms with Gasteiger partial charge in [-0.05, 0) is 37.7 Å². The van der Waals surface area contributed by atoms with Crippen LogP contribution in [0.3, 0.4) is 0 Å². The lowest BCUT2D eigenvalue weighted by molar-refractivity contribution is 0.324. The van der Waals surface area contributed by atoms with Crippen molar-refractivity contribution in [2.24, 2.45) is 0 Å². The number of hydrogen-bond donors (Lipinski definition) is 1. The van der Waals surface area contributed by atoms with Crippen LogP contribution >= 0.6 is 11.6 Å². The fraction of sp³-hybridized carbons (Fsp3) is 0.600. The van der Waals surface area contributed by atoms with Crippen LogP contribution in [0.4, 0.5) is 0 Å². The molecular formula is C15H25ClN2. The van der Waals surface area contributed by atoms with Gasteiger partial charge in [-0.2, -0.15) is 0 Å². The maximum absolute atomic E-state index is 5.87. The summed E-state index contributed by atoms with van der Waals surface area (Å²) in [6.07, 6.45) is 3.91. The minimum atomic E-state index is 0.805. The zero-order valence-corrected chi connectivity index (χ0v) is 12.3. The van der Waals surface area contributed by atoms with Crippen molar-refractivity contribution in [2.75, 3.05) is 26.7 Å². The number of likely N-dealkylation sites (N-methyl/N-ethyl adjacent to an activating group) is 1. The Hall–Kier alpha value is -0.570. The van der Waals surface area contributed by atoms with E-state index in [9.17, 15) is 0 Å². The van der Waals surface area contributed by atoms with E-state index in [0.717, 1.165) is 31.2 Å². The molecule has 1 rings (SSSR count). The number of hydrogen-bond acceptors (Lipinski definition) is 2. The van der Waals surface area contributed by atoms with Crippen LogP contribution < -0.4 is 5.32 Å². The second-order valence-corrected chi connectivity index (χ2v) is 5.26. The van der Waals surface area contributed by atoms with Crippen LogP contribution in [0.15, 0.2) is 24.3 Å². The topological polar surface area (TPSA) is 15.3 Å². The second kappa shape index (κ2) is 9.37. The molecule has 102 valence electrons. The van der Waals surface area contributed by atoms with E-state index < -0.39 is 0 Å². The molecule has 0 bridgehead atoms. The SMILES string of the molecule is CCCCCNCCN(C)Cc1ccc(Cl)cc1. The van der Waals surface area contributed by atoms with Gasteiger partial charge in [-0.1, -0.05) is 43.5 Å². The van der Waals surface area contributed by atoms with Crippen molar-refractivity contribution in [3.63, 3.8) is 0 Å². The summed E-state index contributed by atoms with van der Waals surface area (Å²) in [5.74, 6) is 0. The second-order valence-electron chi connectivity index (χ2n) is 4.82. The van der Waals surface area contributed by atoms with Crippen molar-refractivity contribution < 1.29 is 0 Å². The van der Waals surface area contributed by atoms with E-state index in [4.69, 9.17) is 11.6 Å². The van der Waals surface area contributed by atoms with Crippen LogP contribution in [0.2, 0.25) is 5.02 Å². The number of rotatable bonds is 9. The number of benzene rings is 1. The molecule has 0 aliphatic carbocycles. The molecule has 0 heterocycles. The molecule has 2 nitrogen and oxygen atoms in total. The highest BCUT2D eigenvalue weighted by molar-refractivity contribution is 6.30. The average molecular weight is 269 g/mol. The minimum Gasteiger partial charge on any atom is -0.315 e. The lowest BCUT2D eigenvalue weighted by Gasteiger charge is -2.17. The molecule has 0 saturated carbocycles. The van der Waals surface area contributed by atoms with Crippen molar-refractivity contribution in [1.29, 1.82) is 0 Å². The van der Waals surface area contributed by atoms with Gasteiger partial charge in [0.15, 0.2) is 0 Å². The van der Waals surface area contributed by atoms with Gasteiger partial charge in [-0.3, -0.25) is 0 Å². The van der Waals surface area contributed by atoms with Gasteiger partial charge >= 0.3 is 0 Å². The Morgan fingerprint density at radius 2 is 1.83 bits per heavy atom. The van der Waals surface area contributed by atoms with E-state index in [-0.39, 0.29) is 0 Å². The molecule has 0 amide bonds. The molecule has 0 saturated heterocycles. The van der Waals surface area contributed by atoms with Gasteiger partial charge in [-0.15, -0.1) is 0 Å². The minimum absolute atomic E-state index is 0.805. The summed E-state index contributed by atoms with van der Waals surface area (Å²) in [5, 5.41) is 4.29. The molecule has 0 unspecified atom stereocenters. The Morgan fingerprint density at radius 3 is 2.50 bits per heavy atom. The molecular weight excluding hydrogens is 244 g/mol. The Labute approximate surface area is 116 Å². The van der Waals surface area contributed by atoms with Crippen molar-refractivity contribution in [3.8, 4) is 0 Å². The lowest BCUT2D eigenvalue weighted by atomic mass is 10.2. The standard InChI is InChI=1S/C15H25ClN2/c1-3-4-5-10-17-11-12-18(2)13-14-6-8-15(16)9-7-14/h6-9,17H,3-5,10-13H2,1-2H3. The smallest absolute Gasteiger partial charge is 0.0406 e.